The Morgan fingerprint density at radius 1 is 1.17 bits per heavy atom. The number of rotatable bonds is 6. The van der Waals surface area contributed by atoms with E-state index in [4.69, 9.17) is 21.0 Å². The average Bonchev–Trinajstić information content (AvgIpc) is 3.52. The van der Waals surface area contributed by atoms with Crippen LogP contribution in [0.25, 0.3) is 10.2 Å². The first-order valence-corrected chi connectivity index (χ1v) is 14.4. The molecule has 2 aromatic carbocycles. The number of piperidine rings is 1. The van der Waals surface area contributed by atoms with Crippen LogP contribution in [0.1, 0.15) is 18.6 Å². The highest BCUT2D eigenvalue weighted by Gasteiger charge is 2.35. The molecule has 1 fully saturated rings. The largest absolute Gasteiger partial charge is 0.467 e. The molecule has 5 rings (SSSR count). The Morgan fingerprint density at radius 3 is 2.60 bits per heavy atom. The zero-order valence-corrected chi connectivity index (χ0v) is 22.4. The summed E-state index contributed by atoms with van der Waals surface area (Å²) >= 11 is 10.8. The van der Waals surface area contributed by atoms with Crippen LogP contribution in [-0.2, 0) is 21.4 Å². The number of anilines is 1. The molecule has 0 saturated carbocycles. The molecule has 1 amide bonds. The van der Waals surface area contributed by atoms with Crippen LogP contribution in [0, 0.1) is 5.92 Å². The summed E-state index contributed by atoms with van der Waals surface area (Å²) in [5, 5.41) is 1.07. The molecule has 0 radical (unpaired) electrons. The number of amides is 1. The lowest BCUT2D eigenvalue weighted by atomic mass is 9.96. The predicted molar refractivity (Wildman–Crippen MR) is 140 cm³/mol. The van der Waals surface area contributed by atoms with E-state index in [1.165, 1.54) is 27.8 Å². The molecule has 11 heteroatoms. The Morgan fingerprint density at radius 2 is 1.91 bits per heavy atom. The van der Waals surface area contributed by atoms with Gasteiger partial charge in [-0.1, -0.05) is 38.9 Å². The minimum Gasteiger partial charge on any atom is -0.467 e. The van der Waals surface area contributed by atoms with Gasteiger partial charge < -0.3 is 4.42 Å². The minimum absolute atomic E-state index is 0.0805. The van der Waals surface area contributed by atoms with E-state index in [2.05, 4.69) is 15.9 Å². The number of halogens is 2. The zero-order chi connectivity index (χ0) is 24.6. The molecule has 7 nitrogen and oxygen atoms in total. The Balaban J connectivity index is 1.35. The maximum absolute atomic E-state index is 13.7. The van der Waals surface area contributed by atoms with E-state index >= 15 is 0 Å². The molecule has 3 heterocycles. The third kappa shape index (κ3) is 5.17. The van der Waals surface area contributed by atoms with Crippen molar-refractivity contribution >= 4 is 70.1 Å². The number of carbonyl (C=O) groups is 1. The van der Waals surface area contributed by atoms with Gasteiger partial charge in [-0.3, -0.25) is 9.69 Å². The SMILES string of the molecule is O=C(C1CCN(S(=O)(=O)c2ccc(Cl)cc2)CC1)N(Cc1ccco1)c1nc2ccc(Br)cc2s1. The van der Waals surface area contributed by atoms with Gasteiger partial charge in [0.1, 0.15) is 5.76 Å². The van der Waals surface area contributed by atoms with E-state index in [9.17, 15) is 13.2 Å². The van der Waals surface area contributed by atoms with Crippen molar-refractivity contribution in [3.63, 3.8) is 0 Å². The van der Waals surface area contributed by atoms with Gasteiger partial charge in [0.25, 0.3) is 0 Å². The van der Waals surface area contributed by atoms with Crippen molar-refractivity contribution < 1.29 is 17.6 Å². The van der Waals surface area contributed by atoms with Crippen LogP contribution in [0.4, 0.5) is 5.13 Å². The maximum Gasteiger partial charge on any atom is 0.243 e. The number of hydrogen-bond acceptors (Lipinski definition) is 6. The molecule has 1 aliphatic rings. The lowest BCUT2D eigenvalue weighted by Crippen LogP contribution is -2.44. The topological polar surface area (TPSA) is 83.7 Å². The average molecular weight is 595 g/mol. The van der Waals surface area contributed by atoms with E-state index in [1.807, 2.05) is 24.3 Å². The summed E-state index contributed by atoms with van der Waals surface area (Å²) in [4.78, 5) is 20.2. The predicted octanol–water partition coefficient (Wildman–Crippen LogP) is 5.94. The third-order valence-electron chi connectivity index (χ3n) is 5.98. The maximum atomic E-state index is 13.7. The molecular formula is C24H21BrClN3O4S2. The molecule has 2 aromatic heterocycles. The Hall–Kier alpha value is -2.24. The van der Waals surface area contributed by atoms with Crippen molar-refractivity contribution in [2.24, 2.45) is 5.92 Å². The summed E-state index contributed by atoms with van der Waals surface area (Å²) in [6, 6.07) is 15.6. The number of carbonyl (C=O) groups excluding carboxylic acids is 1. The van der Waals surface area contributed by atoms with Crippen LogP contribution < -0.4 is 4.90 Å². The zero-order valence-electron chi connectivity index (χ0n) is 18.4. The molecule has 0 spiro atoms. The van der Waals surface area contributed by atoms with Crippen molar-refractivity contribution in [3.05, 3.63) is 76.1 Å². The van der Waals surface area contributed by atoms with E-state index in [0.29, 0.717) is 28.8 Å². The molecule has 1 aliphatic heterocycles. The number of nitrogens with zero attached hydrogens (tertiary/aromatic N) is 3. The molecule has 0 unspecified atom stereocenters. The molecule has 0 aliphatic carbocycles. The van der Waals surface area contributed by atoms with Crippen molar-refractivity contribution in [2.45, 2.75) is 24.3 Å². The normalized spacial score (nSPS) is 15.5. The van der Waals surface area contributed by atoms with Gasteiger partial charge in [-0.2, -0.15) is 4.31 Å². The third-order valence-corrected chi connectivity index (χ3v) is 9.68. The monoisotopic (exact) mass is 593 g/mol. The van der Waals surface area contributed by atoms with Crippen LogP contribution in [0.2, 0.25) is 5.02 Å². The molecule has 1 saturated heterocycles. The number of furan rings is 1. The van der Waals surface area contributed by atoms with Crippen molar-refractivity contribution in [1.29, 1.82) is 0 Å². The number of thiazole rings is 1. The van der Waals surface area contributed by atoms with E-state index in [-0.39, 0.29) is 36.4 Å². The highest BCUT2D eigenvalue weighted by Crippen LogP contribution is 2.34. The smallest absolute Gasteiger partial charge is 0.243 e. The summed E-state index contributed by atoms with van der Waals surface area (Å²) in [6.07, 6.45) is 2.43. The molecule has 35 heavy (non-hydrogen) atoms. The second-order valence-corrected chi connectivity index (χ2v) is 12.5. The summed E-state index contributed by atoms with van der Waals surface area (Å²) in [6.45, 7) is 0.793. The van der Waals surface area contributed by atoms with Gasteiger partial charge in [0.15, 0.2) is 5.13 Å². The number of aromatic nitrogens is 1. The van der Waals surface area contributed by atoms with Gasteiger partial charge in [-0.25, -0.2) is 13.4 Å². The first-order valence-electron chi connectivity index (χ1n) is 11.0. The number of fused-ring (bicyclic) bond motifs is 1. The van der Waals surface area contributed by atoms with Gasteiger partial charge in [-0.15, -0.1) is 0 Å². The van der Waals surface area contributed by atoms with Gasteiger partial charge in [0, 0.05) is 28.5 Å². The summed E-state index contributed by atoms with van der Waals surface area (Å²) in [7, 11) is -3.64. The molecule has 4 aromatic rings. The second kappa shape index (κ2) is 10.0. The fraction of sp³-hybridized carbons (Fsp3) is 0.250. The lowest BCUT2D eigenvalue weighted by molar-refractivity contribution is -0.123. The summed E-state index contributed by atoms with van der Waals surface area (Å²) in [5.41, 5.74) is 0.814. The van der Waals surface area contributed by atoms with Crippen LogP contribution in [0.5, 0.6) is 0 Å². The Bertz CT molecular complexity index is 1450. The summed E-state index contributed by atoms with van der Waals surface area (Å²) < 4.78 is 34.9. The molecule has 0 bridgehead atoms. The van der Waals surface area contributed by atoms with E-state index in [0.717, 1.165) is 14.7 Å². The lowest BCUT2D eigenvalue weighted by Gasteiger charge is -2.32. The Kier molecular flexibility index (Phi) is 7.00. The highest BCUT2D eigenvalue weighted by molar-refractivity contribution is 9.10. The second-order valence-electron chi connectivity index (χ2n) is 8.24. The molecule has 0 atom stereocenters. The standard InChI is InChI=1S/C24H21BrClN3O4S2/c25-17-3-8-21-22(14-17)34-24(27-21)29(15-19-2-1-13-33-19)23(30)16-9-11-28(12-10-16)35(31,32)20-6-4-18(26)5-7-20/h1-8,13-14,16H,9-12,15H2. The number of benzene rings is 2. The van der Waals surface area contributed by atoms with Crippen LogP contribution in [0.3, 0.4) is 0 Å². The van der Waals surface area contributed by atoms with Gasteiger partial charge in [0.05, 0.1) is 27.9 Å². The van der Waals surface area contributed by atoms with Crippen molar-refractivity contribution in [3.8, 4) is 0 Å². The van der Waals surface area contributed by atoms with Crippen LogP contribution >= 0.6 is 38.9 Å². The first kappa shape index (κ1) is 24.5. The Labute approximate surface area is 220 Å². The number of sulfonamides is 1. The van der Waals surface area contributed by atoms with E-state index in [1.54, 1.807) is 29.4 Å². The van der Waals surface area contributed by atoms with Crippen LogP contribution in [0.15, 0.2) is 74.6 Å². The molecule has 182 valence electrons. The number of hydrogen-bond donors (Lipinski definition) is 0. The van der Waals surface area contributed by atoms with Gasteiger partial charge >= 0.3 is 0 Å². The highest BCUT2D eigenvalue weighted by atomic mass is 79.9. The van der Waals surface area contributed by atoms with E-state index < -0.39 is 10.0 Å². The first-order chi connectivity index (χ1) is 16.8. The van der Waals surface area contributed by atoms with Gasteiger partial charge in [0.2, 0.25) is 15.9 Å². The quantitative estimate of drug-likeness (QED) is 0.276. The minimum atomic E-state index is -3.64. The molecule has 0 N–H and O–H groups in total. The fourth-order valence-corrected chi connectivity index (χ4v) is 7.24. The molecular weight excluding hydrogens is 574 g/mol. The van der Waals surface area contributed by atoms with Gasteiger partial charge in [-0.05, 0) is 67.4 Å². The fourth-order valence-electron chi connectivity index (χ4n) is 4.12. The van der Waals surface area contributed by atoms with Crippen molar-refractivity contribution in [2.75, 3.05) is 18.0 Å². The summed E-state index contributed by atoms with van der Waals surface area (Å²) in [5.74, 6) is 0.255. The van der Waals surface area contributed by atoms with Crippen LogP contribution in [-0.4, -0.2) is 36.7 Å². The van der Waals surface area contributed by atoms with Crippen molar-refractivity contribution in [1.82, 2.24) is 9.29 Å².